The zero-order chi connectivity index (χ0) is 15.4. The van der Waals surface area contributed by atoms with Crippen molar-refractivity contribution in [3.63, 3.8) is 0 Å². The van der Waals surface area contributed by atoms with Crippen LogP contribution in [0.4, 0.5) is 0 Å². The van der Waals surface area contributed by atoms with Gasteiger partial charge in [0.1, 0.15) is 0 Å². The molecule has 0 aliphatic carbocycles. The number of aromatic amines is 1. The first-order valence-electron chi connectivity index (χ1n) is 7.50. The minimum Gasteiger partial charge on any atom is -0.342 e. The Morgan fingerprint density at radius 1 is 1.43 bits per heavy atom. The minimum absolute atomic E-state index is 0.0260. The molecule has 0 spiro atoms. The minimum atomic E-state index is 0.0260. The number of hydrogen-bond donors (Lipinski definition) is 1. The van der Waals surface area contributed by atoms with Gasteiger partial charge in [0.05, 0.1) is 6.20 Å². The van der Waals surface area contributed by atoms with Gasteiger partial charge in [-0.3, -0.25) is 14.7 Å². The van der Waals surface area contributed by atoms with Crippen molar-refractivity contribution in [1.29, 1.82) is 0 Å². The molecule has 1 saturated heterocycles. The summed E-state index contributed by atoms with van der Waals surface area (Å²) in [6.45, 7) is 5.77. The van der Waals surface area contributed by atoms with Crippen LogP contribution < -0.4 is 0 Å². The third-order valence-corrected chi connectivity index (χ3v) is 4.00. The Bertz CT molecular complexity index is 476. The lowest BCUT2D eigenvalue weighted by Gasteiger charge is -2.34. The number of nitrogens with one attached hydrogen (secondary N) is 1. The van der Waals surface area contributed by atoms with Crippen LogP contribution in [0.1, 0.15) is 32.3 Å². The maximum atomic E-state index is 12.4. The highest BCUT2D eigenvalue weighted by molar-refractivity contribution is 5.80. The van der Waals surface area contributed by atoms with Gasteiger partial charge in [0, 0.05) is 50.3 Å². The highest BCUT2D eigenvalue weighted by atomic mass is 16.2. The summed E-state index contributed by atoms with van der Waals surface area (Å²) in [6.07, 6.45) is 5.04. The summed E-state index contributed by atoms with van der Waals surface area (Å²) in [5.74, 6) is 0.402. The van der Waals surface area contributed by atoms with E-state index in [4.69, 9.17) is 0 Å². The molecule has 1 aromatic rings. The van der Waals surface area contributed by atoms with E-state index < -0.39 is 0 Å². The van der Waals surface area contributed by atoms with Gasteiger partial charge in [0.15, 0.2) is 0 Å². The smallest absolute Gasteiger partial charge is 0.225 e. The van der Waals surface area contributed by atoms with Gasteiger partial charge >= 0.3 is 0 Å². The van der Waals surface area contributed by atoms with Gasteiger partial charge in [-0.2, -0.15) is 5.10 Å². The molecule has 0 saturated carbocycles. The number of hydrogen-bond acceptors (Lipinski definition) is 3. The fraction of sp³-hybridized carbons (Fsp3) is 0.667. The summed E-state index contributed by atoms with van der Waals surface area (Å²) in [6, 6.07) is 0. The van der Waals surface area contributed by atoms with E-state index in [9.17, 15) is 9.59 Å². The SMILES string of the molecule is CC(C)C(=O)N1CCC(C(=O)N(C)Cc2cn[nH]c2)CC1. The second-order valence-electron chi connectivity index (χ2n) is 6.06. The van der Waals surface area contributed by atoms with Gasteiger partial charge in [0.25, 0.3) is 0 Å². The van der Waals surface area contributed by atoms with Crippen LogP contribution in [-0.2, 0) is 16.1 Å². The second-order valence-corrected chi connectivity index (χ2v) is 6.06. The Balaban J connectivity index is 1.84. The zero-order valence-corrected chi connectivity index (χ0v) is 13.0. The molecule has 1 aliphatic heterocycles. The molecule has 0 radical (unpaired) electrons. The lowest BCUT2D eigenvalue weighted by atomic mass is 9.94. The Labute approximate surface area is 125 Å². The average Bonchev–Trinajstić information content (AvgIpc) is 2.98. The number of amides is 2. The van der Waals surface area contributed by atoms with Crippen LogP contribution in [0, 0.1) is 11.8 Å². The number of carbonyl (C=O) groups is 2. The predicted octanol–water partition coefficient (Wildman–Crippen LogP) is 1.26. The van der Waals surface area contributed by atoms with E-state index in [0.29, 0.717) is 19.6 Å². The van der Waals surface area contributed by atoms with Crippen molar-refractivity contribution < 1.29 is 9.59 Å². The second kappa shape index (κ2) is 6.74. The molecule has 1 fully saturated rings. The van der Waals surface area contributed by atoms with Crippen LogP contribution in [0.2, 0.25) is 0 Å². The molecule has 6 nitrogen and oxygen atoms in total. The van der Waals surface area contributed by atoms with Gasteiger partial charge in [0.2, 0.25) is 11.8 Å². The molecule has 6 heteroatoms. The number of aromatic nitrogens is 2. The third-order valence-electron chi connectivity index (χ3n) is 4.00. The van der Waals surface area contributed by atoms with Crippen LogP contribution in [0.3, 0.4) is 0 Å². The monoisotopic (exact) mass is 292 g/mol. The van der Waals surface area contributed by atoms with Gasteiger partial charge in [-0.15, -0.1) is 0 Å². The van der Waals surface area contributed by atoms with Crippen LogP contribution in [0.15, 0.2) is 12.4 Å². The Morgan fingerprint density at radius 3 is 2.62 bits per heavy atom. The maximum absolute atomic E-state index is 12.4. The van der Waals surface area contributed by atoms with E-state index >= 15 is 0 Å². The van der Waals surface area contributed by atoms with Gasteiger partial charge in [-0.25, -0.2) is 0 Å². The number of piperidine rings is 1. The molecule has 21 heavy (non-hydrogen) atoms. The van der Waals surface area contributed by atoms with Gasteiger partial charge in [-0.1, -0.05) is 13.8 Å². The summed E-state index contributed by atoms with van der Waals surface area (Å²) >= 11 is 0. The van der Waals surface area contributed by atoms with E-state index in [1.807, 2.05) is 25.8 Å². The summed E-state index contributed by atoms with van der Waals surface area (Å²) in [5.41, 5.74) is 0.998. The summed E-state index contributed by atoms with van der Waals surface area (Å²) in [4.78, 5) is 28.0. The first kappa shape index (κ1) is 15.5. The molecular formula is C15H24N4O2. The zero-order valence-electron chi connectivity index (χ0n) is 13.0. The van der Waals surface area contributed by atoms with Crippen molar-refractivity contribution in [3.8, 4) is 0 Å². The lowest BCUT2D eigenvalue weighted by Crippen LogP contribution is -2.44. The number of carbonyl (C=O) groups excluding carboxylic acids is 2. The molecule has 0 atom stereocenters. The van der Waals surface area contributed by atoms with Crippen molar-refractivity contribution in [2.45, 2.75) is 33.2 Å². The van der Waals surface area contributed by atoms with Crippen molar-refractivity contribution in [1.82, 2.24) is 20.0 Å². The molecular weight excluding hydrogens is 268 g/mol. The molecule has 0 unspecified atom stereocenters. The highest BCUT2D eigenvalue weighted by Crippen LogP contribution is 2.21. The Morgan fingerprint density at radius 2 is 2.10 bits per heavy atom. The molecule has 1 aromatic heterocycles. The molecule has 1 N–H and O–H groups in total. The molecule has 116 valence electrons. The third kappa shape index (κ3) is 3.83. The molecule has 1 aliphatic rings. The maximum Gasteiger partial charge on any atom is 0.225 e. The van der Waals surface area contributed by atoms with E-state index in [1.165, 1.54) is 0 Å². The first-order chi connectivity index (χ1) is 9.99. The number of nitrogens with zero attached hydrogens (tertiary/aromatic N) is 3. The lowest BCUT2D eigenvalue weighted by molar-refractivity contribution is -0.141. The fourth-order valence-electron chi connectivity index (χ4n) is 2.74. The topological polar surface area (TPSA) is 69.3 Å². The van der Waals surface area contributed by atoms with Crippen LogP contribution in [0.5, 0.6) is 0 Å². The number of H-pyrrole nitrogens is 1. The molecule has 2 amide bonds. The largest absolute Gasteiger partial charge is 0.342 e. The van der Waals surface area contributed by atoms with Crippen LogP contribution >= 0.6 is 0 Å². The molecule has 0 bridgehead atoms. The molecule has 0 aromatic carbocycles. The van der Waals surface area contributed by atoms with Crippen molar-refractivity contribution in [3.05, 3.63) is 18.0 Å². The van der Waals surface area contributed by atoms with Crippen molar-refractivity contribution >= 4 is 11.8 Å². The van der Waals surface area contributed by atoms with E-state index in [2.05, 4.69) is 10.2 Å². The standard InChI is InChI=1S/C15H24N4O2/c1-11(2)14(20)19-6-4-13(5-7-19)15(21)18(3)10-12-8-16-17-9-12/h8-9,11,13H,4-7,10H2,1-3H3,(H,16,17). The Kier molecular flexibility index (Phi) is 4.98. The quantitative estimate of drug-likeness (QED) is 0.908. The molecule has 2 rings (SSSR count). The van der Waals surface area contributed by atoms with Gasteiger partial charge < -0.3 is 9.80 Å². The summed E-state index contributed by atoms with van der Waals surface area (Å²) < 4.78 is 0. The van der Waals surface area contributed by atoms with E-state index in [-0.39, 0.29) is 23.7 Å². The average molecular weight is 292 g/mol. The first-order valence-corrected chi connectivity index (χ1v) is 7.50. The molecule has 2 heterocycles. The van der Waals surface area contributed by atoms with E-state index in [0.717, 1.165) is 18.4 Å². The van der Waals surface area contributed by atoms with Gasteiger partial charge in [-0.05, 0) is 12.8 Å². The number of rotatable bonds is 4. The Hall–Kier alpha value is -1.85. The van der Waals surface area contributed by atoms with Crippen LogP contribution in [0.25, 0.3) is 0 Å². The van der Waals surface area contributed by atoms with Crippen LogP contribution in [-0.4, -0.2) is 51.9 Å². The predicted molar refractivity (Wildman–Crippen MR) is 79.2 cm³/mol. The van der Waals surface area contributed by atoms with Crippen molar-refractivity contribution in [2.24, 2.45) is 11.8 Å². The highest BCUT2D eigenvalue weighted by Gasteiger charge is 2.29. The van der Waals surface area contributed by atoms with Crippen molar-refractivity contribution in [2.75, 3.05) is 20.1 Å². The van der Waals surface area contributed by atoms with E-state index in [1.54, 1.807) is 17.3 Å². The summed E-state index contributed by atoms with van der Waals surface area (Å²) in [5, 5.41) is 6.64. The summed E-state index contributed by atoms with van der Waals surface area (Å²) in [7, 11) is 1.82. The normalized spacial score (nSPS) is 16.3. The number of likely N-dealkylation sites (tertiary alicyclic amines) is 1. The fourth-order valence-corrected chi connectivity index (χ4v) is 2.74.